The van der Waals surface area contributed by atoms with Gasteiger partial charge in [0, 0.05) is 48.0 Å². The average molecular weight is 816 g/mol. The molecule has 0 radical (unpaired) electrons. The number of aliphatic hydroxyl groups is 1. The summed E-state index contributed by atoms with van der Waals surface area (Å²) in [5.41, 5.74) is 0.163. The van der Waals surface area contributed by atoms with E-state index in [0.29, 0.717) is 44.4 Å². The summed E-state index contributed by atoms with van der Waals surface area (Å²) < 4.78 is 61.7. The average Bonchev–Trinajstić information content (AvgIpc) is 3.48. The summed E-state index contributed by atoms with van der Waals surface area (Å²) in [4.78, 5) is 78.3. The highest BCUT2D eigenvalue weighted by atomic mass is 31.2. The van der Waals surface area contributed by atoms with Gasteiger partial charge in [0.25, 0.3) is 5.91 Å². The van der Waals surface area contributed by atoms with Crippen LogP contribution in [-0.4, -0.2) is 86.3 Å². The van der Waals surface area contributed by atoms with E-state index in [1.54, 1.807) is 17.9 Å². The van der Waals surface area contributed by atoms with Crippen molar-refractivity contribution in [3.8, 4) is 0 Å². The van der Waals surface area contributed by atoms with Crippen molar-refractivity contribution in [1.82, 2.24) is 10.2 Å². The van der Waals surface area contributed by atoms with Gasteiger partial charge in [0.15, 0.2) is 6.10 Å². The van der Waals surface area contributed by atoms with Crippen LogP contribution in [0.2, 0.25) is 0 Å². The molecule has 302 valence electrons. The maximum atomic E-state index is 15.9. The summed E-state index contributed by atoms with van der Waals surface area (Å²) >= 11 is 0. The van der Waals surface area contributed by atoms with Crippen molar-refractivity contribution in [2.24, 2.45) is 0 Å². The third-order valence-electron chi connectivity index (χ3n) is 8.46. The number of esters is 2. The fourth-order valence-corrected chi connectivity index (χ4v) is 6.58. The largest absolute Gasteiger partial charge is 0.700 e. The van der Waals surface area contributed by atoms with Crippen molar-refractivity contribution in [1.29, 1.82) is 0 Å². The smallest absolute Gasteiger partial charge is 0.466 e. The van der Waals surface area contributed by atoms with E-state index >= 15 is 8.78 Å². The SMILES string of the molecule is CCOC(=O)CCCCCCN1C(=O)CC[C@@H]1/C=C/[C@@H](OC(=O)Cc1ccc(C(=O)NCCCC(O)(OP(O)O)O[P+](=O)O)cc1)C(F)(F)c1ccccc1. The van der Waals surface area contributed by atoms with Crippen molar-refractivity contribution in [3.05, 3.63) is 83.4 Å². The molecule has 1 saturated heterocycles. The molecule has 55 heavy (non-hydrogen) atoms. The Balaban J connectivity index is 1.60. The molecule has 19 heteroatoms. The zero-order valence-electron chi connectivity index (χ0n) is 30.3. The van der Waals surface area contributed by atoms with E-state index in [9.17, 15) is 28.8 Å². The van der Waals surface area contributed by atoms with Gasteiger partial charge in [0.1, 0.15) is 0 Å². The van der Waals surface area contributed by atoms with Gasteiger partial charge in [0.2, 0.25) is 5.91 Å². The molecular formula is C36H47F2N2O13P2+. The topological polar surface area (TPSA) is 218 Å². The van der Waals surface area contributed by atoms with Gasteiger partial charge >= 0.3 is 40.7 Å². The molecule has 2 aromatic rings. The van der Waals surface area contributed by atoms with Crippen molar-refractivity contribution in [2.45, 2.75) is 95.2 Å². The zero-order chi connectivity index (χ0) is 40.4. The van der Waals surface area contributed by atoms with Crippen LogP contribution >= 0.6 is 16.9 Å². The van der Waals surface area contributed by atoms with Gasteiger partial charge in [-0.1, -0.05) is 65.9 Å². The number of amides is 2. The Morgan fingerprint density at radius 1 is 1.04 bits per heavy atom. The second-order valence-corrected chi connectivity index (χ2v) is 13.9. The first kappa shape index (κ1) is 45.6. The highest BCUT2D eigenvalue weighted by Gasteiger charge is 2.44. The standard InChI is InChI=1S/C36H46F2N2O13P2/c1-2-50-32(42)13-8-3-4-9-24-40-29(19-21-31(40)41)18-20-30(36(37,38)28-11-6-5-7-12-28)51-33(43)25-26-14-16-27(17-15-26)34(44)39-23-10-22-35(45,52-54(46)47)53-55(48)49/h5-7,11-12,14-18,20,29-30,45-47H,2-4,8-10,13,19,21-25H2,1H3,(H-,39,44,48,49)/p+1/b20-18+/t29-,30+,35?/m0/s1. The Labute approximate surface area is 319 Å². The number of carbonyl (C=O) groups excluding carboxylic acids is 4. The third-order valence-corrected chi connectivity index (χ3v) is 9.35. The van der Waals surface area contributed by atoms with Gasteiger partial charge in [-0.05, 0) is 56.4 Å². The van der Waals surface area contributed by atoms with E-state index in [2.05, 4.69) is 14.4 Å². The summed E-state index contributed by atoms with van der Waals surface area (Å²) in [7, 11) is -6.48. The van der Waals surface area contributed by atoms with Crippen molar-refractivity contribution in [2.75, 3.05) is 19.7 Å². The summed E-state index contributed by atoms with van der Waals surface area (Å²) in [6.45, 7) is 2.40. The number of hydrogen-bond acceptors (Lipinski definition) is 12. The number of benzene rings is 2. The second kappa shape index (κ2) is 22.7. The molecule has 0 bridgehead atoms. The maximum absolute atomic E-state index is 15.9. The summed E-state index contributed by atoms with van der Waals surface area (Å²) in [5, 5.41) is 12.6. The van der Waals surface area contributed by atoms with E-state index in [0.717, 1.165) is 18.9 Å². The lowest BCUT2D eigenvalue weighted by atomic mass is 10.0. The molecule has 2 amide bonds. The first-order chi connectivity index (χ1) is 26.1. The number of ether oxygens (including phenoxy) is 2. The summed E-state index contributed by atoms with van der Waals surface area (Å²) in [5.74, 6) is -8.27. The van der Waals surface area contributed by atoms with E-state index in [1.807, 2.05) is 0 Å². The summed E-state index contributed by atoms with van der Waals surface area (Å²) in [6.07, 6.45) is 3.51. The lowest BCUT2D eigenvalue weighted by molar-refractivity contribution is -0.279. The number of nitrogens with one attached hydrogen (secondary N) is 1. The number of alkyl halides is 2. The molecule has 4 atom stereocenters. The maximum Gasteiger partial charge on any atom is 0.700 e. The Bertz CT molecular complexity index is 1600. The first-order valence-corrected chi connectivity index (χ1v) is 20.0. The monoisotopic (exact) mass is 815 g/mol. The lowest BCUT2D eigenvalue weighted by Gasteiger charge is -2.27. The van der Waals surface area contributed by atoms with Crippen LogP contribution in [0.15, 0.2) is 66.7 Å². The predicted octanol–water partition coefficient (Wildman–Crippen LogP) is 5.04. The van der Waals surface area contributed by atoms with Gasteiger partial charge in [-0.15, -0.1) is 4.89 Å². The molecule has 1 heterocycles. The van der Waals surface area contributed by atoms with Crippen molar-refractivity contribution in [3.63, 3.8) is 0 Å². The molecule has 2 aromatic carbocycles. The minimum absolute atomic E-state index is 0.0728. The number of hydrogen-bond donors (Lipinski definition) is 5. The minimum atomic E-state index is -3.62. The number of halogens is 2. The van der Waals surface area contributed by atoms with Crippen LogP contribution in [-0.2, 0) is 49.8 Å². The Hall–Kier alpha value is -3.79. The van der Waals surface area contributed by atoms with Crippen molar-refractivity contribution < 1.29 is 70.8 Å². The van der Waals surface area contributed by atoms with Crippen molar-refractivity contribution >= 4 is 40.6 Å². The van der Waals surface area contributed by atoms with Crippen LogP contribution in [0.1, 0.15) is 86.2 Å². The Morgan fingerprint density at radius 2 is 1.73 bits per heavy atom. The normalized spacial score (nSPS) is 16.6. The molecule has 2 unspecified atom stereocenters. The Morgan fingerprint density at radius 3 is 2.38 bits per heavy atom. The quantitative estimate of drug-likeness (QED) is 0.0309. The molecule has 0 aromatic heterocycles. The van der Waals surface area contributed by atoms with Gasteiger partial charge in [-0.25, -0.2) is 0 Å². The minimum Gasteiger partial charge on any atom is -0.466 e. The van der Waals surface area contributed by atoms with E-state index in [1.165, 1.54) is 54.6 Å². The number of rotatable bonds is 24. The molecule has 0 aliphatic carbocycles. The molecule has 3 rings (SSSR count). The fourth-order valence-electron chi connectivity index (χ4n) is 5.77. The van der Waals surface area contributed by atoms with Crippen LogP contribution in [0.25, 0.3) is 0 Å². The van der Waals surface area contributed by atoms with Gasteiger partial charge in [0.05, 0.1) is 19.1 Å². The molecule has 1 aliphatic rings. The van der Waals surface area contributed by atoms with Gasteiger partial charge < -0.3 is 34.6 Å². The highest BCUT2D eigenvalue weighted by molar-refractivity contribution is 7.39. The fraction of sp³-hybridized carbons (Fsp3) is 0.500. The molecule has 5 N–H and O–H groups in total. The van der Waals surface area contributed by atoms with Crippen LogP contribution < -0.4 is 5.32 Å². The van der Waals surface area contributed by atoms with E-state index in [4.69, 9.17) is 24.2 Å². The highest BCUT2D eigenvalue weighted by Crippen LogP contribution is 2.39. The van der Waals surface area contributed by atoms with Gasteiger partial charge in [-0.3, -0.25) is 23.7 Å². The van der Waals surface area contributed by atoms with Crippen LogP contribution in [0.3, 0.4) is 0 Å². The van der Waals surface area contributed by atoms with Crippen LogP contribution in [0.5, 0.6) is 0 Å². The number of carbonyl (C=O) groups is 4. The third kappa shape index (κ3) is 15.7. The van der Waals surface area contributed by atoms with Crippen LogP contribution in [0, 0.1) is 0 Å². The van der Waals surface area contributed by atoms with E-state index < -0.39 is 65.6 Å². The Kier molecular flexibility index (Phi) is 18.8. The molecule has 0 spiro atoms. The first-order valence-electron chi connectivity index (χ1n) is 17.7. The van der Waals surface area contributed by atoms with E-state index in [-0.39, 0.29) is 42.4 Å². The number of unbranched alkanes of at least 4 members (excludes halogenated alkanes) is 3. The molecule has 1 aliphatic heterocycles. The molecule has 1 fully saturated rings. The predicted molar refractivity (Wildman–Crippen MR) is 194 cm³/mol. The van der Waals surface area contributed by atoms with Crippen LogP contribution in [0.4, 0.5) is 8.78 Å². The molecular weight excluding hydrogens is 768 g/mol. The summed E-state index contributed by atoms with van der Waals surface area (Å²) in [6, 6.07) is 12.1. The second-order valence-electron chi connectivity index (χ2n) is 12.6. The molecule has 15 nitrogen and oxygen atoms in total. The number of likely N-dealkylation sites (tertiary alicyclic amines) is 1. The lowest BCUT2D eigenvalue weighted by Crippen LogP contribution is -2.36. The molecule has 0 saturated carbocycles. The number of nitrogens with zero attached hydrogens (tertiary/aromatic N) is 1. The zero-order valence-corrected chi connectivity index (χ0v) is 32.0. The van der Waals surface area contributed by atoms with Gasteiger partial charge in [-0.2, -0.15) is 8.78 Å².